The normalized spacial score (nSPS) is 30.3. The van der Waals surface area contributed by atoms with Crippen molar-refractivity contribution in [2.45, 2.75) is 57.9 Å². The van der Waals surface area contributed by atoms with Crippen molar-refractivity contribution >= 4 is 23.3 Å². The average molecular weight is 451 g/mol. The lowest BCUT2D eigenvalue weighted by molar-refractivity contribution is -0.131. The first-order valence-electron chi connectivity index (χ1n) is 12.1. The zero-order valence-corrected chi connectivity index (χ0v) is 19.3. The molecular weight excluding hydrogens is 420 g/mol. The highest BCUT2D eigenvalue weighted by atomic mass is 35.5. The maximum absolute atomic E-state index is 12.9. The summed E-state index contributed by atoms with van der Waals surface area (Å²) >= 11 is 5.97. The van der Waals surface area contributed by atoms with E-state index in [-0.39, 0.29) is 5.91 Å². The maximum atomic E-state index is 12.9. The van der Waals surface area contributed by atoms with Crippen molar-refractivity contribution in [2.24, 2.45) is 23.2 Å². The molecule has 1 aliphatic heterocycles. The fourth-order valence-electron chi connectivity index (χ4n) is 7.39. The first kappa shape index (κ1) is 20.5. The SMILES string of the molecule is O=C(Cc1ccc(Cl)cc1)N1CCc2c(ncnc2NCC23CC4CC(CC(C4)C2)C3)C1. The van der Waals surface area contributed by atoms with Crippen LogP contribution in [0.15, 0.2) is 30.6 Å². The molecule has 6 heteroatoms. The predicted molar refractivity (Wildman–Crippen MR) is 125 cm³/mol. The van der Waals surface area contributed by atoms with Gasteiger partial charge < -0.3 is 10.2 Å². The lowest BCUT2D eigenvalue weighted by Crippen LogP contribution is -2.49. The Hall–Kier alpha value is -2.14. The van der Waals surface area contributed by atoms with Crippen molar-refractivity contribution < 1.29 is 4.79 Å². The van der Waals surface area contributed by atoms with E-state index < -0.39 is 0 Å². The Bertz CT molecular complexity index is 986. The van der Waals surface area contributed by atoms with E-state index in [1.807, 2.05) is 29.2 Å². The smallest absolute Gasteiger partial charge is 0.227 e. The van der Waals surface area contributed by atoms with E-state index in [1.165, 1.54) is 44.1 Å². The van der Waals surface area contributed by atoms with Gasteiger partial charge in [0.2, 0.25) is 5.91 Å². The van der Waals surface area contributed by atoms with Crippen LogP contribution in [0.2, 0.25) is 5.02 Å². The molecule has 2 aromatic rings. The van der Waals surface area contributed by atoms with Crippen LogP contribution in [-0.4, -0.2) is 33.9 Å². The third-order valence-corrected chi connectivity index (χ3v) is 8.68. The summed E-state index contributed by atoms with van der Waals surface area (Å²) in [4.78, 5) is 23.9. The Morgan fingerprint density at radius 2 is 1.75 bits per heavy atom. The van der Waals surface area contributed by atoms with Gasteiger partial charge in [0.1, 0.15) is 12.1 Å². The molecule has 1 amide bonds. The molecule has 0 atom stereocenters. The van der Waals surface area contributed by atoms with Crippen molar-refractivity contribution in [1.82, 2.24) is 14.9 Å². The number of nitrogens with zero attached hydrogens (tertiary/aromatic N) is 3. The average Bonchev–Trinajstić information content (AvgIpc) is 2.78. The standard InChI is InChI=1S/C26H31ClN4O/c27-21-3-1-17(2-4-21)10-24(32)31-6-5-22-23(14-31)29-16-30-25(22)28-15-26-11-18-7-19(12-26)9-20(8-18)13-26/h1-4,16,18-20H,5-15H2,(H,28,29,30). The lowest BCUT2D eigenvalue weighted by Gasteiger charge is -2.57. The monoisotopic (exact) mass is 450 g/mol. The van der Waals surface area contributed by atoms with Crippen LogP contribution in [0.4, 0.5) is 5.82 Å². The summed E-state index contributed by atoms with van der Waals surface area (Å²) in [5.74, 6) is 4.02. The van der Waals surface area contributed by atoms with Gasteiger partial charge >= 0.3 is 0 Å². The fourth-order valence-corrected chi connectivity index (χ4v) is 7.51. The summed E-state index contributed by atoms with van der Waals surface area (Å²) in [6.07, 6.45) is 11.5. The molecule has 5 aliphatic rings. The number of carbonyl (C=O) groups is 1. The Morgan fingerprint density at radius 3 is 2.44 bits per heavy atom. The molecule has 4 saturated carbocycles. The topological polar surface area (TPSA) is 58.1 Å². The van der Waals surface area contributed by atoms with Crippen molar-refractivity contribution in [3.63, 3.8) is 0 Å². The number of halogens is 1. The second-order valence-electron chi connectivity index (χ2n) is 10.8. The molecule has 168 valence electrons. The number of hydrogen-bond acceptors (Lipinski definition) is 4. The van der Waals surface area contributed by atoms with Gasteiger partial charge in [0.15, 0.2) is 0 Å². The highest BCUT2D eigenvalue weighted by Gasteiger charge is 2.50. The molecule has 2 heterocycles. The molecule has 0 spiro atoms. The summed E-state index contributed by atoms with van der Waals surface area (Å²) < 4.78 is 0. The summed E-state index contributed by atoms with van der Waals surface area (Å²) in [5, 5.41) is 4.44. The molecule has 0 unspecified atom stereocenters. The predicted octanol–water partition coefficient (Wildman–Crippen LogP) is 4.89. The molecule has 0 radical (unpaired) electrons. The molecule has 1 aromatic heterocycles. The number of nitrogens with one attached hydrogen (secondary N) is 1. The van der Waals surface area contributed by atoms with E-state index in [1.54, 1.807) is 6.33 Å². The molecule has 7 rings (SSSR count). The number of carbonyl (C=O) groups excluding carboxylic acids is 1. The summed E-state index contributed by atoms with van der Waals surface area (Å²) in [5.41, 5.74) is 3.66. The van der Waals surface area contributed by atoms with E-state index >= 15 is 0 Å². The number of fused-ring (bicyclic) bond motifs is 1. The lowest BCUT2D eigenvalue weighted by atomic mass is 9.49. The minimum Gasteiger partial charge on any atom is -0.369 e. The molecule has 32 heavy (non-hydrogen) atoms. The molecule has 1 aromatic carbocycles. The van der Waals surface area contributed by atoms with Crippen LogP contribution in [0.3, 0.4) is 0 Å². The largest absolute Gasteiger partial charge is 0.369 e. The zero-order chi connectivity index (χ0) is 21.7. The third kappa shape index (κ3) is 3.89. The van der Waals surface area contributed by atoms with Gasteiger partial charge in [0, 0.05) is 23.7 Å². The summed E-state index contributed by atoms with van der Waals surface area (Å²) in [6.45, 7) is 2.33. The van der Waals surface area contributed by atoms with Gasteiger partial charge in [0.05, 0.1) is 18.7 Å². The van der Waals surface area contributed by atoms with Crippen LogP contribution in [-0.2, 0) is 24.2 Å². The molecule has 4 aliphatic carbocycles. The number of anilines is 1. The van der Waals surface area contributed by atoms with Crippen LogP contribution >= 0.6 is 11.6 Å². The quantitative estimate of drug-likeness (QED) is 0.704. The van der Waals surface area contributed by atoms with E-state index in [0.29, 0.717) is 23.4 Å². The fraction of sp³-hybridized carbons (Fsp3) is 0.577. The van der Waals surface area contributed by atoms with E-state index in [2.05, 4.69) is 15.3 Å². The van der Waals surface area contributed by atoms with Gasteiger partial charge in [-0.3, -0.25) is 4.79 Å². The number of benzene rings is 1. The molecule has 1 N–H and O–H groups in total. The number of amides is 1. The van der Waals surface area contributed by atoms with Crippen molar-refractivity contribution in [3.05, 3.63) is 52.4 Å². The Kier molecular flexibility index (Phi) is 5.13. The van der Waals surface area contributed by atoms with Crippen molar-refractivity contribution in [2.75, 3.05) is 18.4 Å². The van der Waals surface area contributed by atoms with Gasteiger partial charge in [-0.25, -0.2) is 9.97 Å². The second-order valence-corrected chi connectivity index (χ2v) is 11.2. The Morgan fingerprint density at radius 1 is 1.06 bits per heavy atom. The Labute approximate surface area is 195 Å². The Balaban J connectivity index is 1.12. The highest BCUT2D eigenvalue weighted by Crippen LogP contribution is 2.59. The second kappa shape index (κ2) is 8.02. The van der Waals surface area contributed by atoms with Crippen LogP contribution in [0.1, 0.15) is 55.3 Å². The van der Waals surface area contributed by atoms with Crippen molar-refractivity contribution in [1.29, 1.82) is 0 Å². The van der Waals surface area contributed by atoms with Crippen LogP contribution in [0, 0.1) is 23.2 Å². The molecular formula is C26H31ClN4O. The summed E-state index contributed by atoms with van der Waals surface area (Å²) in [6, 6.07) is 7.52. The zero-order valence-electron chi connectivity index (χ0n) is 18.5. The molecule has 5 nitrogen and oxygen atoms in total. The van der Waals surface area contributed by atoms with E-state index in [0.717, 1.165) is 54.3 Å². The molecule has 4 bridgehead atoms. The van der Waals surface area contributed by atoms with Gasteiger partial charge in [-0.2, -0.15) is 0 Å². The van der Waals surface area contributed by atoms with Crippen LogP contribution < -0.4 is 5.32 Å². The first-order chi connectivity index (χ1) is 15.6. The van der Waals surface area contributed by atoms with Crippen LogP contribution in [0.5, 0.6) is 0 Å². The maximum Gasteiger partial charge on any atom is 0.227 e. The van der Waals surface area contributed by atoms with Gasteiger partial charge in [-0.05, 0) is 85.8 Å². The third-order valence-electron chi connectivity index (χ3n) is 8.42. The minimum absolute atomic E-state index is 0.139. The number of rotatable bonds is 5. The minimum atomic E-state index is 0.139. The first-order valence-corrected chi connectivity index (χ1v) is 12.5. The number of aromatic nitrogens is 2. The van der Waals surface area contributed by atoms with Gasteiger partial charge in [-0.1, -0.05) is 23.7 Å². The van der Waals surface area contributed by atoms with Gasteiger partial charge in [-0.15, -0.1) is 0 Å². The summed E-state index contributed by atoms with van der Waals surface area (Å²) in [7, 11) is 0. The van der Waals surface area contributed by atoms with E-state index in [9.17, 15) is 4.79 Å². The number of hydrogen-bond donors (Lipinski definition) is 1. The van der Waals surface area contributed by atoms with Gasteiger partial charge in [0.25, 0.3) is 0 Å². The highest BCUT2D eigenvalue weighted by molar-refractivity contribution is 6.30. The van der Waals surface area contributed by atoms with E-state index in [4.69, 9.17) is 11.6 Å². The van der Waals surface area contributed by atoms with Crippen molar-refractivity contribution in [3.8, 4) is 0 Å². The molecule has 4 fully saturated rings. The van der Waals surface area contributed by atoms with Crippen LogP contribution in [0.25, 0.3) is 0 Å². The molecule has 0 saturated heterocycles.